The van der Waals surface area contributed by atoms with Gasteiger partial charge >= 0.3 is 0 Å². The molecule has 0 aliphatic rings. The second-order valence-corrected chi connectivity index (χ2v) is 8.67. The molecule has 0 bridgehead atoms. The number of para-hydroxylation sites is 1. The van der Waals surface area contributed by atoms with Gasteiger partial charge in [0.2, 0.25) is 5.91 Å². The molecule has 0 saturated carbocycles. The zero-order valence-electron chi connectivity index (χ0n) is 20.2. The highest BCUT2D eigenvalue weighted by Crippen LogP contribution is 2.18. The van der Waals surface area contributed by atoms with Crippen LogP contribution in [0.1, 0.15) is 22.4 Å². The van der Waals surface area contributed by atoms with E-state index in [1.54, 1.807) is 22.9 Å². The second kappa shape index (κ2) is 11.3. The number of nitrogens with one attached hydrogen (secondary N) is 2. The van der Waals surface area contributed by atoms with Crippen molar-refractivity contribution >= 4 is 22.9 Å². The quantitative estimate of drug-likeness (QED) is 0.249. The fraction of sp³-hybridized carbons (Fsp3) is 0.138. The monoisotopic (exact) mass is 493 g/mol. The van der Waals surface area contributed by atoms with Crippen LogP contribution in [-0.4, -0.2) is 37.5 Å². The van der Waals surface area contributed by atoms with E-state index in [4.69, 9.17) is 4.74 Å². The molecule has 0 radical (unpaired) electrons. The summed E-state index contributed by atoms with van der Waals surface area (Å²) in [4.78, 5) is 15.5. The first kappa shape index (κ1) is 23.9. The average molecular weight is 494 g/mol. The van der Waals surface area contributed by atoms with E-state index in [0.717, 1.165) is 23.1 Å². The molecule has 5 rings (SSSR count). The smallest absolute Gasteiger partial charge is 0.244 e. The number of fused-ring (bicyclic) bond motifs is 1. The zero-order valence-corrected chi connectivity index (χ0v) is 20.2. The van der Waals surface area contributed by atoms with Crippen molar-refractivity contribution in [1.29, 1.82) is 0 Å². The molecule has 0 aliphatic heterocycles. The van der Waals surface area contributed by atoms with E-state index in [1.807, 2.05) is 67.0 Å². The first-order valence-electron chi connectivity index (χ1n) is 12.0. The van der Waals surface area contributed by atoms with Crippen LogP contribution in [0.25, 0.3) is 17.0 Å². The summed E-state index contributed by atoms with van der Waals surface area (Å²) in [6, 6.07) is 22.6. The normalized spacial score (nSPS) is 11.2. The maximum atomic E-state index is 12.2. The first-order chi connectivity index (χ1) is 18.1. The second-order valence-electron chi connectivity index (χ2n) is 8.67. The third-order valence-corrected chi connectivity index (χ3v) is 5.93. The van der Waals surface area contributed by atoms with Crippen LogP contribution in [0.15, 0.2) is 91.3 Å². The molecule has 1 amide bonds. The average Bonchev–Trinajstić information content (AvgIpc) is 3.55. The van der Waals surface area contributed by atoms with Gasteiger partial charge in [0.05, 0.1) is 12.7 Å². The van der Waals surface area contributed by atoms with Gasteiger partial charge in [-0.05, 0) is 59.5 Å². The summed E-state index contributed by atoms with van der Waals surface area (Å²) in [6.07, 6.45) is 7.91. The largest absolute Gasteiger partial charge is 0.508 e. The number of ether oxygens (including phenoxy) is 1. The van der Waals surface area contributed by atoms with Gasteiger partial charge in [0.25, 0.3) is 0 Å². The van der Waals surface area contributed by atoms with Gasteiger partial charge in [-0.1, -0.05) is 47.7 Å². The van der Waals surface area contributed by atoms with Crippen LogP contribution in [0.5, 0.6) is 11.5 Å². The van der Waals surface area contributed by atoms with E-state index in [0.29, 0.717) is 31.1 Å². The molecule has 3 N–H and O–H groups in total. The molecule has 0 fully saturated rings. The van der Waals surface area contributed by atoms with Crippen molar-refractivity contribution in [2.24, 2.45) is 0 Å². The van der Waals surface area contributed by atoms with Gasteiger partial charge < -0.3 is 20.1 Å². The lowest BCUT2D eigenvalue weighted by Crippen LogP contribution is -2.23. The number of aromatic nitrogens is 4. The van der Waals surface area contributed by atoms with Crippen LogP contribution in [-0.2, 0) is 24.4 Å². The molecule has 3 aromatic carbocycles. The number of phenolic OH excluding ortho intramolecular Hbond substituents is 1. The van der Waals surface area contributed by atoms with Crippen LogP contribution >= 0.6 is 0 Å². The Morgan fingerprint density at radius 2 is 1.86 bits per heavy atom. The number of aromatic hydroxyl groups is 1. The molecule has 2 aromatic heterocycles. The molecule has 8 nitrogen and oxygen atoms in total. The Morgan fingerprint density at radius 3 is 2.70 bits per heavy atom. The van der Waals surface area contributed by atoms with E-state index in [2.05, 4.69) is 26.7 Å². The van der Waals surface area contributed by atoms with E-state index in [1.165, 1.54) is 17.0 Å². The van der Waals surface area contributed by atoms with Crippen LogP contribution in [0.2, 0.25) is 0 Å². The van der Waals surface area contributed by atoms with Gasteiger partial charge in [0.1, 0.15) is 23.8 Å². The zero-order chi connectivity index (χ0) is 25.5. The Balaban J connectivity index is 1.06. The summed E-state index contributed by atoms with van der Waals surface area (Å²) in [6.45, 7) is 1.42. The Labute approximate surface area is 214 Å². The van der Waals surface area contributed by atoms with Crippen molar-refractivity contribution in [3.05, 3.63) is 114 Å². The lowest BCUT2D eigenvalue weighted by atomic mass is 10.1. The van der Waals surface area contributed by atoms with Crippen molar-refractivity contribution in [3.8, 4) is 11.5 Å². The highest BCUT2D eigenvalue weighted by atomic mass is 16.5. The van der Waals surface area contributed by atoms with Gasteiger partial charge in [0.15, 0.2) is 0 Å². The fourth-order valence-corrected chi connectivity index (χ4v) is 3.99. The van der Waals surface area contributed by atoms with Crippen LogP contribution in [0.3, 0.4) is 0 Å². The van der Waals surface area contributed by atoms with E-state index in [9.17, 15) is 9.90 Å². The number of nitrogens with zero attached hydrogens (tertiary/aromatic N) is 3. The summed E-state index contributed by atoms with van der Waals surface area (Å²) in [5.74, 6) is 0.808. The lowest BCUT2D eigenvalue weighted by molar-refractivity contribution is -0.116. The highest BCUT2D eigenvalue weighted by molar-refractivity contribution is 5.91. The number of hydrogen-bond acceptors (Lipinski definition) is 5. The molecule has 0 atom stereocenters. The van der Waals surface area contributed by atoms with Crippen LogP contribution in [0, 0.1) is 0 Å². The minimum atomic E-state index is -0.129. The fourth-order valence-electron chi connectivity index (χ4n) is 3.99. The van der Waals surface area contributed by atoms with Crippen LogP contribution in [0.4, 0.5) is 0 Å². The lowest BCUT2D eigenvalue weighted by Gasteiger charge is -2.04. The van der Waals surface area contributed by atoms with Crippen LogP contribution < -0.4 is 10.1 Å². The number of benzene rings is 3. The third kappa shape index (κ3) is 6.43. The molecule has 0 spiro atoms. The number of aromatic amines is 1. The van der Waals surface area contributed by atoms with E-state index in [-0.39, 0.29) is 11.7 Å². The van der Waals surface area contributed by atoms with Crippen molar-refractivity contribution in [3.63, 3.8) is 0 Å². The maximum absolute atomic E-state index is 12.2. The third-order valence-electron chi connectivity index (χ3n) is 5.93. The topological polar surface area (TPSA) is 105 Å². The van der Waals surface area contributed by atoms with Gasteiger partial charge in [-0.15, -0.1) is 5.10 Å². The predicted octanol–water partition coefficient (Wildman–Crippen LogP) is 4.46. The molecule has 186 valence electrons. The summed E-state index contributed by atoms with van der Waals surface area (Å²) >= 11 is 0. The van der Waals surface area contributed by atoms with Crippen molar-refractivity contribution in [2.45, 2.75) is 19.6 Å². The van der Waals surface area contributed by atoms with E-state index >= 15 is 0 Å². The summed E-state index contributed by atoms with van der Waals surface area (Å²) < 4.78 is 7.54. The minimum Gasteiger partial charge on any atom is -0.508 e. The summed E-state index contributed by atoms with van der Waals surface area (Å²) in [5.41, 5.74) is 4.93. The number of carbonyl (C=O) groups excluding carboxylic acids is 1. The number of H-pyrrole nitrogens is 1. The number of phenols is 1. The van der Waals surface area contributed by atoms with Crippen molar-refractivity contribution in [2.75, 3.05) is 6.54 Å². The molecule has 2 heterocycles. The molecular formula is C29H27N5O3. The predicted molar refractivity (Wildman–Crippen MR) is 142 cm³/mol. The van der Waals surface area contributed by atoms with Crippen molar-refractivity contribution in [1.82, 2.24) is 25.3 Å². The molecule has 5 aromatic rings. The van der Waals surface area contributed by atoms with Crippen molar-refractivity contribution < 1.29 is 14.6 Å². The number of rotatable bonds is 10. The molecule has 0 saturated heterocycles. The summed E-state index contributed by atoms with van der Waals surface area (Å²) in [5, 5.41) is 21.8. The number of hydrogen-bond donors (Lipinski definition) is 3. The Kier molecular flexibility index (Phi) is 7.26. The first-order valence-corrected chi connectivity index (χ1v) is 12.0. The molecule has 0 aliphatic carbocycles. The maximum Gasteiger partial charge on any atom is 0.244 e. The summed E-state index contributed by atoms with van der Waals surface area (Å²) in [7, 11) is 0. The molecule has 0 unspecified atom stereocenters. The Bertz CT molecular complexity index is 1500. The van der Waals surface area contributed by atoms with Gasteiger partial charge in [-0.25, -0.2) is 4.68 Å². The van der Waals surface area contributed by atoms with Gasteiger partial charge in [-0.3, -0.25) is 4.79 Å². The number of amides is 1. The Morgan fingerprint density at radius 1 is 1.05 bits per heavy atom. The molecular weight excluding hydrogens is 466 g/mol. The Hall–Kier alpha value is -4.85. The van der Waals surface area contributed by atoms with Gasteiger partial charge in [0, 0.05) is 29.7 Å². The standard InChI is InChI=1S/C29H27N5O3/c35-25-10-5-22(6-11-25)18-34-19-24(32-33-34)20-37-26-12-7-21(8-13-26)9-14-29(36)30-16-15-23-17-31-28-4-2-1-3-27(23)28/h1-14,17,19,31,35H,15-16,18,20H2,(H,30,36)/b14-9-. The minimum absolute atomic E-state index is 0.129. The number of carbonyl (C=O) groups is 1. The molecule has 8 heteroatoms. The highest BCUT2D eigenvalue weighted by Gasteiger charge is 2.05. The van der Waals surface area contributed by atoms with Gasteiger partial charge in [-0.2, -0.15) is 0 Å². The molecule has 37 heavy (non-hydrogen) atoms. The SMILES string of the molecule is O=C(/C=C\c1ccc(OCc2cn(Cc3ccc(O)cc3)nn2)cc1)NCCc1c[nH]c2ccccc12. The van der Waals surface area contributed by atoms with E-state index < -0.39 is 0 Å².